The zero-order chi connectivity index (χ0) is 13.8. The van der Waals surface area contributed by atoms with Crippen molar-refractivity contribution in [3.05, 3.63) is 58.3 Å². The van der Waals surface area contributed by atoms with Crippen molar-refractivity contribution in [1.29, 1.82) is 0 Å². The fourth-order valence-electron chi connectivity index (χ4n) is 3.08. The normalized spacial score (nSPS) is 21.8. The Morgan fingerprint density at radius 3 is 2.80 bits per heavy atom. The van der Waals surface area contributed by atoms with E-state index in [1.165, 1.54) is 16.9 Å². The summed E-state index contributed by atoms with van der Waals surface area (Å²) in [7, 11) is 0. The third-order valence-corrected chi connectivity index (χ3v) is 5.08. The summed E-state index contributed by atoms with van der Waals surface area (Å²) in [5, 5.41) is 5.84. The number of hydrogen-bond acceptors (Lipinski definition) is 3. The molecule has 3 heteroatoms. The first-order valence-corrected chi connectivity index (χ1v) is 8.32. The minimum absolute atomic E-state index is 0.457. The number of benzene rings is 1. The van der Waals surface area contributed by atoms with E-state index >= 15 is 0 Å². The van der Waals surface area contributed by atoms with Crippen LogP contribution in [0, 0.1) is 0 Å². The molecule has 0 bridgehead atoms. The van der Waals surface area contributed by atoms with Gasteiger partial charge in [0.25, 0.3) is 0 Å². The van der Waals surface area contributed by atoms with Crippen molar-refractivity contribution in [3.63, 3.8) is 0 Å². The maximum atomic E-state index is 3.65. The van der Waals surface area contributed by atoms with E-state index in [2.05, 4.69) is 65.0 Å². The summed E-state index contributed by atoms with van der Waals surface area (Å²) in [6.45, 7) is 5.60. The highest BCUT2D eigenvalue weighted by molar-refractivity contribution is 7.10. The van der Waals surface area contributed by atoms with Crippen LogP contribution in [0.5, 0.6) is 0 Å². The molecule has 2 aromatic rings. The molecule has 0 spiro atoms. The van der Waals surface area contributed by atoms with Gasteiger partial charge in [-0.3, -0.25) is 4.90 Å². The Balaban J connectivity index is 1.74. The summed E-state index contributed by atoms with van der Waals surface area (Å²) in [4.78, 5) is 4.14. The average Bonchev–Trinajstić information content (AvgIpc) is 3.03. The van der Waals surface area contributed by atoms with Crippen LogP contribution in [-0.2, 0) is 0 Å². The van der Waals surface area contributed by atoms with Crippen LogP contribution in [-0.4, -0.2) is 24.5 Å². The molecule has 1 aliphatic rings. The van der Waals surface area contributed by atoms with Gasteiger partial charge >= 0.3 is 0 Å². The molecule has 0 saturated carbocycles. The number of thiophene rings is 1. The van der Waals surface area contributed by atoms with E-state index in [0.717, 1.165) is 19.6 Å². The molecule has 1 fully saturated rings. The van der Waals surface area contributed by atoms with Crippen LogP contribution in [0.2, 0.25) is 0 Å². The van der Waals surface area contributed by atoms with Crippen molar-refractivity contribution in [3.8, 4) is 0 Å². The molecule has 2 nitrogen and oxygen atoms in total. The van der Waals surface area contributed by atoms with Gasteiger partial charge in [-0.25, -0.2) is 0 Å². The van der Waals surface area contributed by atoms with Gasteiger partial charge in [0.05, 0.1) is 0 Å². The van der Waals surface area contributed by atoms with Crippen molar-refractivity contribution < 1.29 is 0 Å². The Bertz CT molecular complexity index is 509. The fraction of sp³-hybridized carbons (Fsp3) is 0.412. The van der Waals surface area contributed by atoms with E-state index in [1.807, 2.05) is 11.3 Å². The van der Waals surface area contributed by atoms with Gasteiger partial charge in [-0.05, 0) is 23.4 Å². The molecule has 1 aromatic heterocycles. The minimum Gasteiger partial charge on any atom is -0.308 e. The summed E-state index contributed by atoms with van der Waals surface area (Å²) >= 11 is 1.88. The first kappa shape index (κ1) is 13.8. The maximum absolute atomic E-state index is 3.65. The predicted octanol–water partition coefficient (Wildman–Crippen LogP) is 3.85. The van der Waals surface area contributed by atoms with E-state index in [9.17, 15) is 0 Å². The molecule has 2 atom stereocenters. The van der Waals surface area contributed by atoms with E-state index in [1.54, 1.807) is 0 Å². The summed E-state index contributed by atoms with van der Waals surface area (Å²) in [5.41, 5.74) is 1.40. The molecule has 106 valence electrons. The molecule has 0 aliphatic carbocycles. The number of hydrogen-bond donors (Lipinski definition) is 1. The largest absolute Gasteiger partial charge is 0.308 e. The van der Waals surface area contributed by atoms with Crippen LogP contribution in [0.3, 0.4) is 0 Å². The van der Waals surface area contributed by atoms with Gasteiger partial charge in [-0.15, -0.1) is 11.3 Å². The second kappa shape index (κ2) is 6.53. The third-order valence-electron chi connectivity index (χ3n) is 4.11. The standard InChI is InChI=1S/C17H22N2S/c1-2-16(17-9-6-12-20-17)19-11-10-18-15(13-19)14-7-4-3-5-8-14/h3-9,12,15-16,18H,2,10-11,13H2,1H3. The van der Waals surface area contributed by atoms with Gasteiger partial charge in [-0.2, -0.15) is 0 Å². The molecule has 20 heavy (non-hydrogen) atoms. The van der Waals surface area contributed by atoms with Crippen molar-refractivity contribution in [2.75, 3.05) is 19.6 Å². The number of rotatable bonds is 4. The van der Waals surface area contributed by atoms with E-state index in [-0.39, 0.29) is 0 Å². The fourth-order valence-corrected chi connectivity index (χ4v) is 4.03. The lowest BCUT2D eigenvalue weighted by Gasteiger charge is -2.38. The molecule has 1 saturated heterocycles. The Morgan fingerprint density at radius 1 is 1.25 bits per heavy atom. The topological polar surface area (TPSA) is 15.3 Å². The molecule has 1 aromatic carbocycles. The highest BCUT2D eigenvalue weighted by Crippen LogP contribution is 2.30. The summed E-state index contributed by atoms with van der Waals surface area (Å²) < 4.78 is 0. The maximum Gasteiger partial charge on any atom is 0.0449 e. The summed E-state index contributed by atoms with van der Waals surface area (Å²) in [6.07, 6.45) is 1.18. The van der Waals surface area contributed by atoms with Crippen LogP contribution in [0.25, 0.3) is 0 Å². The minimum atomic E-state index is 0.457. The van der Waals surface area contributed by atoms with Gasteiger partial charge in [0, 0.05) is 36.6 Å². The van der Waals surface area contributed by atoms with Crippen LogP contribution in [0.15, 0.2) is 47.8 Å². The number of nitrogens with zero attached hydrogens (tertiary/aromatic N) is 1. The first-order valence-electron chi connectivity index (χ1n) is 7.44. The lowest BCUT2D eigenvalue weighted by Crippen LogP contribution is -2.46. The lowest BCUT2D eigenvalue weighted by molar-refractivity contribution is 0.142. The molecule has 0 amide bonds. The molecule has 0 radical (unpaired) electrons. The van der Waals surface area contributed by atoms with Gasteiger partial charge < -0.3 is 5.32 Å². The van der Waals surface area contributed by atoms with Crippen LogP contribution >= 0.6 is 11.3 Å². The van der Waals surface area contributed by atoms with Crippen molar-refractivity contribution in [2.24, 2.45) is 0 Å². The van der Waals surface area contributed by atoms with E-state index in [4.69, 9.17) is 0 Å². The number of nitrogens with one attached hydrogen (secondary N) is 1. The zero-order valence-electron chi connectivity index (χ0n) is 12.0. The highest BCUT2D eigenvalue weighted by Gasteiger charge is 2.26. The Hall–Kier alpha value is -1.16. The molecule has 3 rings (SSSR count). The molecular formula is C17H22N2S. The molecule has 1 N–H and O–H groups in total. The second-order valence-corrected chi connectivity index (χ2v) is 6.33. The van der Waals surface area contributed by atoms with Crippen LogP contribution in [0.4, 0.5) is 0 Å². The molecule has 2 heterocycles. The van der Waals surface area contributed by atoms with E-state index < -0.39 is 0 Å². The van der Waals surface area contributed by atoms with Gasteiger partial charge in [0.15, 0.2) is 0 Å². The smallest absolute Gasteiger partial charge is 0.0449 e. The van der Waals surface area contributed by atoms with Gasteiger partial charge in [-0.1, -0.05) is 43.3 Å². The predicted molar refractivity (Wildman–Crippen MR) is 86.1 cm³/mol. The molecular weight excluding hydrogens is 264 g/mol. The van der Waals surface area contributed by atoms with Gasteiger partial charge in [0.1, 0.15) is 0 Å². The molecule has 2 unspecified atom stereocenters. The van der Waals surface area contributed by atoms with Crippen molar-refractivity contribution in [2.45, 2.75) is 25.4 Å². The van der Waals surface area contributed by atoms with E-state index in [0.29, 0.717) is 12.1 Å². The molecule has 1 aliphatic heterocycles. The van der Waals surface area contributed by atoms with Crippen LogP contribution in [0.1, 0.15) is 35.9 Å². The van der Waals surface area contributed by atoms with Crippen molar-refractivity contribution in [1.82, 2.24) is 10.2 Å². The Morgan fingerprint density at radius 2 is 2.10 bits per heavy atom. The second-order valence-electron chi connectivity index (χ2n) is 5.35. The first-order chi connectivity index (χ1) is 9.88. The quantitative estimate of drug-likeness (QED) is 0.918. The average molecular weight is 286 g/mol. The zero-order valence-corrected chi connectivity index (χ0v) is 12.8. The van der Waals surface area contributed by atoms with Gasteiger partial charge in [0.2, 0.25) is 0 Å². The summed E-state index contributed by atoms with van der Waals surface area (Å²) in [6, 6.07) is 16.3. The van der Waals surface area contributed by atoms with Crippen LogP contribution < -0.4 is 5.32 Å². The third kappa shape index (κ3) is 2.95. The Kier molecular flexibility index (Phi) is 4.51. The highest BCUT2D eigenvalue weighted by atomic mass is 32.1. The summed E-state index contributed by atoms with van der Waals surface area (Å²) in [5.74, 6) is 0. The van der Waals surface area contributed by atoms with Crippen molar-refractivity contribution >= 4 is 11.3 Å². The lowest BCUT2D eigenvalue weighted by atomic mass is 10.0. The SMILES string of the molecule is CCC(c1cccs1)N1CCNC(c2ccccc2)C1. The number of piperazine rings is 1. The Labute approximate surface area is 125 Å². The monoisotopic (exact) mass is 286 g/mol.